The summed E-state index contributed by atoms with van der Waals surface area (Å²) in [4.78, 5) is 11.8. The van der Waals surface area contributed by atoms with Gasteiger partial charge >= 0.3 is 0 Å². The first-order valence-corrected chi connectivity index (χ1v) is 9.41. The van der Waals surface area contributed by atoms with Crippen LogP contribution in [0.15, 0.2) is 0 Å². The maximum Gasteiger partial charge on any atom is 0.185 e. The van der Waals surface area contributed by atoms with Crippen molar-refractivity contribution >= 4 is 14.1 Å². The molecular formula is C12H19NO2Si. The molecule has 2 bridgehead atoms. The first kappa shape index (κ1) is 11.8. The number of carbonyl (C=O) groups is 1. The average Bonchev–Trinajstić information content (AvgIpc) is 2.40. The van der Waals surface area contributed by atoms with E-state index in [1.807, 2.05) is 0 Å². The van der Waals surface area contributed by atoms with Gasteiger partial charge in [-0.25, -0.2) is 0 Å². The summed E-state index contributed by atoms with van der Waals surface area (Å²) in [5.41, 5.74) is -0.662. The number of rotatable bonds is 2. The number of ketones is 1. The van der Waals surface area contributed by atoms with Crippen molar-refractivity contribution in [1.82, 2.24) is 0 Å². The van der Waals surface area contributed by atoms with Crippen LogP contribution in [0.2, 0.25) is 19.6 Å². The third-order valence-corrected chi connectivity index (χ3v) is 4.53. The number of Topliss-reactive ketones (excluding diaryl/α,β-unsaturated/α-hetero) is 1. The highest BCUT2D eigenvalue weighted by Gasteiger charge is 2.51. The Kier molecular flexibility index (Phi) is 2.71. The Hall–Kier alpha value is -0.663. The van der Waals surface area contributed by atoms with E-state index in [9.17, 15) is 10.1 Å². The molecular weight excluding hydrogens is 218 g/mol. The second-order valence-corrected chi connectivity index (χ2v) is 10.5. The Balaban J connectivity index is 2.20. The number of hydrogen-bond donors (Lipinski definition) is 0. The van der Waals surface area contributed by atoms with Crippen LogP contribution in [0.3, 0.4) is 0 Å². The summed E-state index contributed by atoms with van der Waals surface area (Å²) in [5.74, 6) is 0.564. The van der Waals surface area contributed by atoms with E-state index in [1.54, 1.807) is 0 Å². The summed E-state index contributed by atoms with van der Waals surface area (Å²) < 4.78 is 6.07. The van der Waals surface area contributed by atoms with E-state index in [1.165, 1.54) is 0 Å². The Labute approximate surface area is 97.9 Å². The average molecular weight is 237 g/mol. The minimum atomic E-state index is -1.73. The number of fused-ring (bicyclic) bond motifs is 2. The van der Waals surface area contributed by atoms with E-state index in [0.717, 1.165) is 12.8 Å². The van der Waals surface area contributed by atoms with Gasteiger partial charge in [-0.2, -0.15) is 5.26 Å². The Bertz CT molecular complexity index is 337. The molecule has 0 aromatic carbocycles. The van der Waals surface area contributed by atoms with Gasteiger partial charge in [0.1, 0.15) is 11.4 Å². The van der Waals surface area contributed by atoms with Gasteiger partial charge in [-0.05, 0) is 45.3 Å². The van der Waals surface area contributed by atoms with Crippen LogP contribution < -0.4 is 0 Å². The summed E-state index contributed by atoms with van der Waals surface area (Å²) in [7, 11) is -1.73. The molecule has 0 spiro atoms. The van der Waals surface area contributed by atoms with Crippen molar-refractivity contribution in [2.75, 3.05) is 0 Å². The molecule has 2 aliphatic rings. The molecule has 2 rings (SSSR count). The van der Waals surface area contributed by atoms with Gasteiger partial charge in [0.05, 0.1) is 6.07 Å². The van der Waals surface area contributed by atoms with Gasteiger partial charge in [0, 0.05) is 11.8 Å². The molecule has 0 heterocycles. The molecule has 16 heavy (non-hydrogen) atoms. The van der Waals surface area contributed by atoms with Crippen LogP contribution in [0.25, 0.3) is 0 Å². The monoisotopic (exact) mass is 237 g/mol. The lowest BCUT2D eigenvalue weighted by Gasteiger charge is -2.38. The summed E-state index contributed by atoms with van der Waals surface area (Å²) in [6, 6.07) is 2.36. The molecule has 0 aliphatic heterocycles. The molecule has 0 aromatic rings. The predicted octanol–water partition coefficient (Wildman–Crippen LogP) is 2.49. The Morgan fingerprint density at radius 3 is 2.19 bits per heavy atom. The number of nitrogens with zero attached hydrogens (tertiary/aromatic N) is 1. The highest BCUT2D eigenvalue weighted by Crippen LogP contribution is 2.46. The van der Waals surface area contributed by atoms with Crippen molar-refractivity contribution in [1.29, 1.82) is 5.26 Å². The summed E-state index contributed by atoms with van der Waals surface area (Å²) in [5, 5.41) is 9.39. The van der Waals surface area contributed by atoms with Crippen LogP contribution in [-0.2, 0) is 9.22 Å². The zero-order valence-electron chi connectivity index (χ0n) is 10.2. The van der Waals surface area contributed by atoms with E-state index in [4.69, 9.17) is 4.43 Å². The van der Waals surface area contributed by atoms with Gasteiger partial charge in [-0.3, -0.25) is 4.79 Å². The lowest BCUT2D eigenvalue weighted by molar-refractivity contribution is -0.129. The van der Waals surface area contributed by atoms with Gasteiger partial charge in [-0.15, -0.1) is 0 Å². The lowest BCUT2D eigenvalue weighted by Crippen LogP contribution is -2.47. The van der Waals surface area contributed by atoms with Crippen LogP contribution in [0.5, 0.6) is 0 Å². The van der Waals surface area contributed by atoms with E-state index < -0.39 is 13.9 Å². The fraction of sp³-hybridized carbons (Fsp3) is 0.833. The third kappa shape index (κ3) is 2.07. The van der Waals surface area contributed by atoms with Gasteiger partial charge in [0.25, 0.3) is 0 Å². The minimum Gasteiger partial charge on any atom is -0.400 e. The number of carbonyl (C=O) groups excluding carboxylic acids is 1. The number of nitriles is 1. The zero-order valence-corrected chi connectivity index (χ0v) is 11.2. The third-order valence-electron chi connectivity index (χ3n) is 3.53. The van der Waals surface area contributed by atoms with Crippen LogP contribution in [0.1, 0.15) is 25.7 Å². The largest absolute Gasteiger partial charge is 0.400 e. The molecule has 2 unspecified atom stereocenters. The van der Waals surface area contributed by atoms with E-state index in [2.05, 4.69) is 25.7 Å². The number of hydrogen-bond acceptors (Lipinski definition) is 3. The maximum absolute atomic E-state index is 11.8. The van der Waals surface area contributed by atoms with Crippen LogP contribution in [-0.4, -0.2) is 19.7 Å². The Morgan fingerprint density at radius 1 is 1.31 bits per heavy atom. The van der Waals surface area contributed by atoms with Crippen LogP contribution in [0, 0.1) is 23.2 Å². The minimum absolute atomic E-state index is 0.0924. The SMILES string of the molecule is C[Si](C)(C)OC1(C#N)CC2CCC(C1)C2=O. The molecule has 0 amide bonds. The molecule has 2 aliphatic carbocycles. The highest BCUT2D eigenvalue weighted by molar-refractivity contribution is 6.69. The fourth-order valence-electron chi connectivity index (χ4n) is 3.09. The molecule has 0 N–H and O–H groups in total. The molecule has 2 fully saturated rings. The van der Waals surface area contributed by atoms with Crippen molar-refractivity contribution in [3.8, 4) is 6.07 Å². The second kappa shape index (κ2) is 3.68. The van der Waals surface area contributed by atoms with E-state index in [0.29, 0.717) is 18.6 Å². The van der Waals surface area contributed by atoms with Crippen molar-refractivity contribution in [2.24, 2.45) is 11.8 Å². The van der Waals surface area contributed by atoms with E-state index in [-0.39, 0.29) is 11.8 Å². The highest BCUT2D eigenvalue weighted by atomic mass is 28.4. The van der Waals surface area contributed by atoms with Crippen LogP contribution in [0.4, 0.5) is 0 Å². The Morgan fingerprint density at radius 2 is 1.81 bits per heavy atom. The van der Waals surface area contributed by atoms with E-state index >= 15 is 0 Å². The quantitative estimate of drug-likeness (QED) is 0.693. The maximum atomic E-state index is 11.8. The molecule has 0 saturated heterocycles. The van der Waals surface area contributed by atoms with Gasteiger partial charge in [-0.1, -0.05) is 0 Å². The smallest absolute Gasteiger partial charge is 0.185 e. The predicted molar refractivity (Wildman–Crippen MR) is 63.2 cm³/mol. The summed E-state index contributed by atoms with van der Waals surface area (Å²) in [6.07, 6.45) is 3.18. The van der Waals surface area contributed by atoms with Gasteiger partial charge < -0.3 is 4.43 Å². The molecule has 0 radical (unpaired) electrons. The first-order valence-electron chi connectivity index (χ1n) is 6.00. The van der Waals surface area contributed by atoms with Gasteiger partial charge in [0.2, 0.25) is 0 Å². The van der Waals surface area contributed by atoms with Crippen molar-refractivity contribution in [2.45, 2.75) is 50.9 Å². The van der Waals surface area contributed by atoms with Crippen LogP contribution >= 0.6 is 0 Å². The standard InChI is InChI=1S/C12H19NO2Si/c1-16(2,3)15-12(8-13)6-9-4-5-10(7-12)11(9)14/h9-10H,4-7H2,1-3H3. The van der Waals surface area contributed by atoms with Crippen molar-refractivity contribution < 1.29 is 9.22 Å². The fourth-order valence-corrected chi connectivity index (χ4v) is 4.47. The molecule has 3 nitrogen and oxygen atoms in total. The van der Waals surface area contributed by atoms with Crippen molar-refractivity contribution in [3.63, 3.8) is 0 Å². The molecule has 0 aromatic heterocycles. The van der Waals surface area contributed by atoms with Gasteiger partial charge in [0.15, 0.2) is 8.32 Å². The normalized spacial score (nSPS) is 38.5. The molecule has 2 atom stereocenters. The molecule has 2 saturated carbocycles. The lowest BCUT2D eigenvalue weighted by atomic mass is 9.77. The topological polar surface area (TPSA) is 50.1 Å². The first-order chi connectivity index (χ1) is 7.35. The second-order valence-electron chi connectivity index (χ2n) is 6.10. The molecule has 88 valence electrons. The summed E-state index contributed by atoms with van der Waals surface area (Å²) >= 11 is 0. The van der Waals surface area contributed by atoms with Crippen molar-refractivity contribution in [3.05, 3.63) is 0 Å². The summed E-state index contributed by atoms with van der Waals surface area (Å²) in [6.45, 7) is 6.30. The molecule has 4 heteroatoms. The zero-order chi connectivity index (χ0) is 12.0.